The minimum Gasteiger partial charge on any atom is -0.207 e. The third-order valence-corrected chi connectivity index (χ3v) is 3.31. The summed E-state index contributed by atoms with van der Waals surface area (Å²) in [6, 6.07) is 3.83. The van der Waals surface area contributed by atoms with Crippen LogP contribution in [0.3, 0.4) is 0 Å². The Bertz CT molecular complexity index is 325. The molecule has 0 bridgehead atoms. The molecule has 1 saturated carbocycles. The number of rotatable bonds is 2. The van der Waals surface area contributed by atoms with Crippen LogP contribution in [0.2, 0.25) is 0 Å². The first kappa shape index (κ1) is 9.13. The molecule has 0 nitrogen and oxygen atoms in total. The quantitative estimate of drug-likeness (QED) is 0.702. The second-order valence-electron chi connectivity index (χ2n) is 3.42. The molecule has 0 spiro atoms. The molecule has 1 aromatic carbocycles. The number of alkyl halides is 1. The molecule has 13 heavy (non-hydrogen) atoms. The first-order valence-corrected chi connectivity index (χ1v) is 5.35. The van der Waals surface area contributed by atoms with E-state index in [9.17, 15) is 8.78 Å². The molecule has 2 unspecified atom stereocenters. The average molecular weight is 247 g/mol. The molecule has 0 N–H and O–H groups in total. The lowest BCUT2D eigenvalue weighted by Gasteiger charge is -2.00. The Morgan fingerprint density at radius 2 is 2.15 bits per heavy atom. The summed E-state index contributed by atoms with van der Waals surface area (Å²) in [5.74, 6) is -0.0920. The maximum absolute atomic E-state index is 13.2. The van der Waals surface area contributed by atoms with Crippen molar-refractivity contribution in [3.05, 3.63) is 35.4 Å². The fourth-order valence-electron chi connectivity index (χ4n) is 1.60. The zero-order valence-corrected chi connectivity index (χ0v) is 8.52. The molecule has 3 heteroatoms. The Morgan fingerprint density at radius 1 is 1.38 bits per heavy atom. The van der Waals surface area contributed by atoms with Gasteiger partial charge in [-0.25, -0.2) is 8.78 Å². The average Bonchev–Trinajstić information content (AvgIpc) is 2.83. The van der Waals surface area contributed by atoms with Crippen molar-refractivity contribution in [2.45, 2.75) is 12.3 Å². The lowest BCUT2D eigenvalue weighted by molar-refractivity contribution is 0.571. The lowest BCUT2D eigenvalue weighted by atomic mass is 10.1. The van der Waals surface area contributed by atoms with Gasteiger partial charge in [-0.1, -0.05) is 22.0 Å². The molecular formula is C10H9BrF2. The summed E-state index contributed by atoms with van der Waals surface area (Å²) in [4.78, 5) is 0. The number of hydrogen-bond donors (Lipinski definition) is 0. The van der Waals surface area contributed by atoms with Crippen LogP contribution >= 0.6 is 15.9 Å². The van der Waals surface area contributed by atoms with Gasteiger partial charge in [0.1, 0.15) is 11.6 Å². The van der Waals surface area contributed by atoms with Gasteiger partial charge >= 0.3 is 0 Å². The molecule has 0 aromatic heterocycles. The highest BCUT2D eigenvalue weighted by molar-refractivity contribution is 9.09. The van der Waals surface area contributed by atoms with Crippen LogP contribution in [0.25, 0.3) is 0 Å². The lowest BCUT2D eigenvalue weighted by Crippen LogP contribution is -1.91. The summed E-state index contributed by atoms with van der Waals surface area (Å²) in [6.07, 6.45) is 1.01. The largest absolute Gasteiger partial charge is 0.207 e. The van der Waals surface area contributed by atoms with Gasteiger partial charge in [-0.2, -0.15) is 0 Å². The van der Waals surface area contributed by atoms with Crippen LogP contribution in [0.5, 0.6) is 0 Å². The Labute approximate surface area is 84.1 Å². The van der Waals surface area contributed by atoms with Crippen LogP contribution in [0.4, 0.5) is 8.78 Å². The van der Waals surface area contributed by atoms with Gasteiger partial charge in [-0.15, -0.1) is 0 Å². The van der Waals surface area contributed by atoms with Crippen LogP contribution in [-0.2, 0) is 0 Å². The Morgan fingerprint density at radius 3 is 2.69 bits per heavy atom. The van der Waals surface area contributed by atoms with E-state index in [1.54, 1.807) is 6.07 Å². The molecule has 2 rings (SSSR count). The summed E-state index contributed by atoms with van der Waals surface area (Å²) >= 11 is 3.36. The van der Waals surface area contributed by atoms with Crippen molar-refractivity contribution in [3.8, 4) is 0 Å². The van der Waals surface area contributed by atoms with Crippen molar-refractivity contribution in [2.24, 2.45) is 5.92 Å². The summed E-state index contributed by atoms with van der Waals surface area (Å²) in [5, 5.41) is 0.897. The van der Waals surface area contributed by atoms with Crippen molar-refractivity contribution in [2.75, 3.05) is 5.33 Å². The predicted octanol–water partition coefficient (Wildman–Crippen LogP) is 3.46. The van der Waals surface area contributed by atoms with E-state index in [2.05, 4.69) is 15.9 Å². The minimum atomic E-state index is -0.503. The van der Waals surface area contributed by atoms with Crippen LogP contribution in [0, 0.1) is 17.6 Å². The molecule has 1 aliphatic carbocycles. The van der Waals surface area contributed by atoms with Gasteiger partial charge in [-0.05, 0) is 29.9 Å². The van der Waals surface area contributed by atoms with Crippen molar-refractivity contribution < 1.29 is 8.78 Å². The van der Waals surface area contributed by atoms with Gasteiger partial charge in [0.2, 0.25) is 0 Å². The van der Waals surface area contributed by atoms with Crippen molar-refractivity contribution >= 4 is 15.9 Å². The Hall–Kier alpha value is -0.440. The number of hydrogen-bond acceptors (Lipinski definition) is 0. The maximum atomic E-state index is 13.2. The van der Waals surface area contributed by atoms with E-state index in [0.717, 1.165) is 17.8 Å². The molecule has 1 aromatic rings. The van der Waals surface area contributed by atoms with Crippen molar-refractivity contribution in [1.82, 2.24) is 0 Å². The van der Waals surface area contributed by atoms with E-state index >= 15 is 0 Å². The van der Waals surface area contributed by atoms with Gasteiger partial charge in [0.25, 0.3) is 0 Å². The summed E-state index contributed by atoms with van der Waals surface area (Å²) < 4.78 is 25.8. The second kappa shape index (κ2) is 3.37. The van der Waals surface area contributed by atoms with Crippen LogP contribution in [0.15, 0.2) is 18.2 Å². The maximum Gasteiger partial charge on any atom is 0.129 e. The van der Waals surface area contributed by atoms with E-state index in [4.69, 9.17) is 0 Å². The third-order valence-electron chi connectivity index (χ3n) is 2.48. The summed E-state index contributed by atoms with van der Waals surface area (Å²) in [5.41, 5.74) is 0.658. The first-order valence-electron chi connectivity index (χ1n) is 4.23. The topological polar surface area (TPSA) is 0 Å². The minimum absolute atomic E-state index is 0.292. The standard InChI is InChI=1S/C10H9BrF2/c11-5-6-3-9(6)8-2-1-7(12)4-10(8)13/h1-2,4,6,9H,3,5H2. The first-order chi connectivity index (χ1) is 6.22. The molecule has 0 radical (unpaired) electrons. The van der Waals surface area contributed by atoms with E-state index in [1.165, 1.54) is 6.07 Å². The molecule has 0 amide bonds. The monoisotopic (exact) mass is 246 g/mol. The van der Waals surface area contributed by atoms with E-state index in [1.807, 2.05) is 0 Å². The molecule has 2 atom stereocenters. The SMILES string of the molecule is Fc1ccc(C2CC2CBr)c(F)c1. The Balaban J connectivity index is 2.22. The smallest absolute Gasteiger partial charge is 0.129 e. The van der Waals surface area contributed by atoms with Crippen molar-refractivity contribution in [3.63, 3.8) is 0 Å². The van der Waals surface area contributed by atoms with Crippen LogP contribution in [0.1, 0.15) is 17.9 Å². The predicted molar refractivity (Wildman–Crippen MR) is 51.0 cm³/mol. The highest BCUT2D eigenvalue weighted by Gasteiger charge is 2.38. The molecule has 0 aliphatic heterocycles. The van der Waals surface area contributed by atoms with Gasteiger partial charge in [-0.3, -0.25) is 0 Å². The van der Waals surface area contributed by atoms with E-state index in [0.29, 0.717) is 17.4 Å². The zero-order valence-electron chi connectivity index (χ0n) is 6.93. The molecule has 0 heterocycles. The summed E-state index contributed by atoms with van der Waals surface area (Å²) in [7, 11) is 0. The highest BCUT2D eigenvalue weighted by atomic mass is 79.9. The van der Waals surface area contributed by atoms with Gasteiger partial charge in [0.15, 0.2) is 0 Å². The summed E-state index contributed by atoms with van der Waals surface area (Å²) in [6.45, 7) is 0. The normalized spacial score (nSPS) is 26.1. The van der Waals surface area contributed by atoms with Gasteiger partial charge in [0, 0.05) is 11.4 Å². The molecule has 1 aliphatic rings. The molecule has 1 fully saturated rings. The van der Waals surface area contributed by atoms with Crippen LogP contribution in [-0.4, -0.2) is 5.33 Å². The third kappa shape index (κ3) is 1.75. The highest BCUT2D eigenvalue weighted by Crippen LogP contribution is 2.49. The van der Waals surface area contributed by atoms with Crippen molar-refractivity contribution in [1.29, 1.82) is 0 Å². The zero-order chi connectivity index (χ0) is 9.42. The van der Waals surface area contributed by atoms with E-state index < -0.39 is 11.6 Å². The second-order valence-corrected chi connectivity index (χ2v) is 4.07. The van der Waals surface area contributed by atoms with Gasteiger partial charge < -0.3 is 0 Å². The van der Waals surface area contributed by atoms with E-state index in [-0.39, 0.29) is 0 Å². The number of halogens is 3. The van der Waals surface area contributed by atoms with Crippen LogP contribution < -0.4 is 0 Å². The molecule has 0 saturated heterocycles. The fourth-order valence-corrected chi connectivity index (χ4v) is 2.32. The molecule has 70 valence electrons. The Kier molecular flexibility index (Phi) is 2.37. The molecular weight excluding hydrogens is 238 g/mol. The van der Waals surface area contributed by atoms with Gasteiger partial charge in [0.05, 0.1) is 0 Å². The number of benzene rings is 1. The fraction of sp³-hybridized carbons (Fsp3) is 0.400.